The number of nitrogens with zero attached hydrogens (tertiary/aromatic N) is 2. The average Bonchev–Trinajstić information content (AvgIpc) is 3.33. The molecule has 2 aliphatic rings. The van der Waals surface area contributed by atoms with Gasteiger partial charge >= 0.3 is 0 Å². The number of fused-ring (bicyclic) bond motifs is 1. The molecule has 168 valence electrons. The minimum absolute atomic E-state index is 0.0434. The zero-order chi connectivity index (χ0) is 23.3. The van der Waals surface area contributed by atoms with Crippen molar-refractivity contribution in [3.63, 3.8) is 0 Å². The summed E-state index contributed by atoms with van der Waals surface area (Å²) in [6, 6.07) is 19.3. The summed E-state index contributed by atoms with van der Waals surface area (Å²) in [5, 5.41) is 11.9. The molecule has 3 aromatic rings. The Morgan fingerprint density at radius 1 is 0.970 bits per heavy atom. The Balaban J connectivity index is 1.62. The number of methoxy groups -OCH3 is 1. The van der Waals surface area contributed by atoms with Gasteiger partial charge in [0.1, 0.15) is 5.92 Å². The molecule has 2 fully saturated rings. The van der Waals surface area contributed by atoms with Crippen LogP contribution in [-0.2, 0) is 14.4 Å². The van der Waals surface area contributed by atoms with Crippen molar-refractivity contribution in [1.29, 1.82) is 0 Å². The number of carbonyl (C=O) groups is 2. The van der Waals surface area contributed by atoms with E-state index in [1.807, 2.05) is 49.4 Å². The number of hydrogen-bond donors (Lipinski definition) is 1. The van der Waals surface area contributed by atoms with Crippen LogP contribution in [0.2, 0.25) is 0 Å². The molecule has 5 rings (SSSR count). The Bertz CT molecular complexity index is 1230. The number of rotatable bonds is 4. The first-order valence-corrected chi connectivity index (χ1v) is 11.2. The number of phenols is 1. The molecule has 33 heavy (non-hydrogen) atoms. The lowest BCUT2D eigenvalue weighted by Crippen LogP contribution is -2.37. The number of hydrogen-bond acceptors (Lipinski definition) is 6. The van der Waals surface area contributed by atoms with Gasteiger partial charge in [0.05, 0.1) is 29.0 Å². The lowest BCUT2D eigenvalue weighted by Gasteiger charge is -2.29. The zero-order valence-electron chi connectivity index (χ0n) is 17.9. The van der Waals surface area contributed by atoms with Gasteiger partial charge in [-0.1, -0.05) is 35.9 Å². The summed E-state index contributed by atoms with van der Waals surface area (Å²) in [5.41, 5.74) is 2.92. The molecule has 0 saturated carbocycles. The number of ether oxygens (including phenoxy) is 1. The number of aromatic hydroxyl groups is 1. The molecule has 1 N–H and O–H groups in total. The van der Waals surface area contributed by atoms with Crippen molar-refractivity contribution in [2.75, 3.05) is 17.1 Å². The summed E-state index contributed by atoms with van der Waals surface area (Å²) < 4.78 is 5.74. The van der Waals surface area contributed by atoms with Gasteiger partial charge in [0.15, 0.2) is 17.6 Å². The Morgan fingerprint density at radius 3 is 2.33 bits per heavy atom. The maximum atomic E-state index is 13.7. The fourth-order valence-corrected chi connectivity index (χ4v) is 4.88. The van der Waals surface area contributed by atoms with Crippen LogP contribution in [0.3, 0.4) is 0 Å². The summed E-state index contributed by atoms with van der Waals surface area (Å²) in [6.07, 6.45) is -0.970. The van der Waals surface area contributed by atoms with E-state index in [1.165, 1.54) is 12.0 Å². The minimum Gasteiger partial charge on any atom is -0.503 e. The fourth-order valence-electron chi connectivity index (χ4n) is 4.42. The van der Waals surface area contributed by atoms with Crippen LogP contribution in [0.25, 0.3) is 0 Å². The highest BCUT2D eigenvalue weighted by Gasteiger charge is 2.60. The van der Waals surface area contributed by atoms with Crippen LogP contribution >= 0.6 is 15.9 Å². The summed E-state index contributed by atoms with van der Waals surface area (Å²) in [6.45, 7) is 1.94. The molecule has 0 spiro atoms. The zero-order valence-corrected chi connectivity index (χ0v) is 19.5. The van der Waals surface area contributed by atoms with Gasteiger partial charge in [-0.25, -0.2) is 9.96 Å². The maximum absolute atomic E-state index is 13.7. The van der Waals surface area contributed by atoms with E-state index in [2.05, 4.69) is 15.9 Å². The van der Waals surface area contributed by atoms with E-state index in [-0.39, 0.29) is 17.4 Å². The van der Waals surface area contributed by atoms with Crippen LogP contribution in [0, 0.1) is 12.8 Å². The quantitative estimate of drug-likeness (QED) is 0.521. The number of halogens is 1. The Morgan fingerprint density at radius 2 is 1.67 bits per heavy atom. The molecule has 0 unspecified atom stereocenters. The third kappa shape index (κ3) is 3.46. The average molecular weight is 509 g/mol. The second-order valence-electron chi connectivity index (χ2n) is 8.06. The van der Waals surface area contributed by atoms with Crippen LogP contribution in [-0.4, -0.2) is 30.1 Å². The number of benzene rings is 3. The van der Waals surface area contributed by atoms with Gasteiger partial charge < -0.3 is 9.84 Å². The van der Waals surface area contributed by atoms with Gasteiger partial charge in [-0.3, -0.25) is 14.4 Å². The molecule has 3 atom stereocenters. The third-order valence-electron chi connectivity index (χ3n) is 6.03. The predicted octanol–water partition coefficient (Wildman–Crippen LogP) is 4.52. The van der Waals surface area contributed by atoms with Crippen molar-refractivity contribution in [2.24, 2.45) is 5.92 Å². The monoisotopic (exact) mass is 508 g/mol. The van der Waals surface area contributed by atoms with Crippen molar-refractivity contribution < 1.29 is 24.3 Å². The topological polar surface area (TPSA) is 79.3 Å². The van der Waals surface area contributed by atoms with E-state index >= 15 is 0 Å². The van der Waals surface area contributed by atoms with Crippen LogP contribution in [0.15, 0.2) is 71.2 Å². The van der Waals surface area contributed by atoms with Gasteiger partial charge in [0.25, 0.3) is 5.91 Å². The summed E-state index contributed by atoms with van der Waals surface area (Å²) in [7, 11) is 1.46. The molecule has 0 aromatic heterocycles. The maximum Gasteiger partial charge on any atom is 0.266 e. The van der Waals surface area contributed by atoms with Crippen molar-refractivity contribution in [2.45, 2.75) is 19.1 Å². The molecule has 0 bridgehead atoms. The lowest BCUT2D eigenvalue weighted by atomic mass is 9.90. The molecule has 2 amide bonds. The van der Waals surface area contributed by atoms with Crippen molar-refractivity contribution in [3.05, 3.63) is 82.3 Å². The number of anilines is 2. The van der Waals surface area contributed by atoms with Gasteiger partial charge in [-0.05, 0) is 64.8 Å². The molecule has 2 heterocycles. The number of imide groups is 1. The number of para-hydroxylation sites is 1. The number of amides is 2. The van der Waals surface area contributed by atoms with E-state index in [4.69, 9.17) is 9.57 Å². The molecule has 0 aliphatic carbocycles. The standard InChI is InChI=1S/C25H21BrN2O5/c1-14-8-10-16(11-9-14)27-24(30)20-21(15-12-18(26)22(29)19(13-15)32-2)28(33-23(20)25(27)31)17-6-4-3-5-7-17/h3-13,20-21,23,29H,1-2H3/t20-,21-,23-/m1/s1. The van der Waals surface area contributed by atoms with E-state index < -0.39 is 24.0 Å². The molecular weight excluding hydrogens is 488 g/mol. The summed E-state index contributed by atoms with van der Waals surface area (Å²) in [5.74, 6) is -1.30. The fraction of sp³-hybridized carbons (Fsp3) is 0.200. The SMILES string of the molecule is COc1cc([C@@H]2[C@H]3C(=O)N(c4ccc(C)cc4)C(=O)[C@@H]3ON2c2ccccc2)cc(Br)c1O. The van der Waals surface area contributed by atoms with Gasteiger partial charge in [-0.2, -0.15) is 0 Å². The van der Waals surface area contributed by atoms with Crippen molar-refractivity contribution in [3.8, 4) is 11.5 Å². The Labute approximate surface area is 199 Å². The smallest absolute Gasteiger partial charge is 0.266 e. The third-order valence-corrected chi connectivity index (χ3v) is 6.63. The number of aryl methyl sites for hydroxylation is 1. The molecule has 2 saturated heterocycles. The van der Waals surface area contributed by atoms with E-state index in [9.17, 15) is 14.7 Å². The highest BCUT2D eigenvalue weighted by molar-refractivity contribution is 9.10. The van der Waals surface area contributed by atoms with Crippen LogP contribution < -0.4 is 14.7 Å². The first-order chi connectivity index (χ1) is 15.9. The molecule has 0 radical (unpaired) electrons. The molecule has 8 heteroatoms. The normalized spacial score (nSPS) is 22.1. The van der Waals surface area contributed by atoms with E-state index in [0.29, 0.717) is 21.4 Å². The van der Waals surface area contributed by atoms with Crippen LogP contribution in [0.4, 0.5) is 11.4 Å². The highest BCUT2D eigenvalue weighted by Crippen LogP contribution is 2.49. The lowest BCUT2D eigenvalue weighted by molar-refractivity contribution is -0.126. The van der Waals surface area contributed by atoms with Gasteiger partial charge in [0.2, 0.25) is 5.91 Å². The molecule has 3 aromatic carbocycles. The molecule has 7 nitrogen and oxygen atoms in total. The van der Waals surface area contributed by atoms with Gasteiger partial charge in [-0.15, -0.1) is 0 Å². The number of phenolic OH excluding ortho intramolecular Hbond substituents is 1. The van der Waals surface area contributed by atoms with Crippen LogP contribution in [0.5, 0.6) is 11.5 Å². The Hall–Kier alpha value is -3.36. The highest BCUT2D eigenvalue weighted by atomic mass is 79.9. The first kappa shape index (κ1) is 21.5. The predicted molar refractivity (Wildman–Crippen MR) is 126 cm³/mol. The number of hydroxylamine groups is 1. The molecular formula is C25H21BrN2O5. The second-order valence-corrected chi connectivity index (χ2v) is 8.91. The minimum atomic E-state index is -0.970. The van der Waals surface area contributed by atoms with E-state index in [1.54, 1.807) is 29.3 Å². The van der Waals surface area contributed by atoms with Crippen molar-refractivity contribution in [1.82, 2.24) is 0 Å². The van der Waals surface area contributed by atoms with E-state index in [0.717, 1.165) is 5.56 Å². The second kappa shape index (κ2) is 8.20. The molecule has 2 aliphatic heterocycles. The Kier molecular flexibility index (Phi) is 5.34. The number of carbonyl (C=O) groups excluding carboxylic acids is 2. The first-order valence-electron chi connectivity index (χ1n) is 10.4. The summed E-state index contributed by atoms with van der Waals surface area (Å²) in [4.78, 5) is 34.4. The largest absolute Gasteiger partial charge is 0.503 e. The van der Waals surface area contributed by atoms with Crippen LogP contribution in [0.1, 0.15) is 17.2 Å². The van der Waals surface area contributed by atoms with Gasteiger partial charge in [0, 0.05) is 0 Å². The van der Waals surface area contributed by atoms with Crippen molar-refractivity contribution >= 4 is 39.1 Å². The summed E-state index contributed by atoms with van der Waals surface area (Å²) >= 11 is 3.36.